The molecule has 0 N–H and O–H groups in total. The van der Waals surface area contributed by atoms with Crippen molar-refractivity contribution in [1.82, 2.24) is 14.5 Å². The van der Waals surface area contributed by atoms with E-state index in [0.717, 1.165) is 11.2 Å². The van der Waals surface area contributed by atoms with Crippen molar-refractivity contribution in [3.63, 3.8) is 0 Å². The van der Waals surface area contributed by atoms with Crippen LogP contribution in [0.3, 0.4) is 0 Å². The average molecular weight is 275 g/mol. The first-order valence-corrected chi connectivity index (χ1v) is 8.14. The lowest BCUT2D eigenvalue weighted by molar-refractivity contribution is 0.376. The van der Waals surface area contributed by atoms with Gasteiger partial charge in [0.1, 0.15) is 11.3 Å². The van der Waals surface area contributed by atoms with E-state index >= 15 is 0 Å². The molecule has 3 rings (SSSR count). The SMILES string of the molecule is CC(C)(C)n1c(C2CCSCC2)nc2cccnc21. The number of nitrogens with zero attached hydrogens (tertiary/aromatic N) is 3. The molecule has 2 aromatic heterocycles. The fourth-order valence-electron chi connectivity index (χ4n) is 2.82. The average Bonchev–Trinajstić information content (AvgIpc) is 2.79. The van der Waals surface area contributed by atoms with Crippen LogP contribution in [-0.4, -0.2) is 26.0 Å². The first-order chi connectivity index (χ1) is 9.07. The molecule has 0 amide bonds. The summed E-state index contributed by atoms with van der Waals surface area (Å²) in [4.78, 5) is 9.45. The highest BCUT2D eigenvalue weighted by molar-refractivity contribution is 7.99. The third-order valence-corrected chi connectivity index (χ3v) is 4.75. The van der Waals surface area contributed by atoms with Gasteiger partial charge in [0.2, 0.25) is 0 Å². The summed E-state index contributed by atoms with van der Waals surface area (Å²) in [6.07, 6.45) is 4.35. The Balaban J connectivity index is 2.17. The van der Waals surface area contributed by atoms with Crippen molar-refractivity contribution in [2.75, 3.05) is 11.5 Å². The van der Waals surface area contributed by atoms with Gasteiger partial charge in [-0.05, 0) is 57.3 Å². The molecular formula is C15H21N3S. The van der Waals surface area contributed by atoms with Gasteiger partial charge in [-0.1, -0.05) is 0 Å². The van der Waals surface area contributed by atoms with E-state index in [9.17, 15) is 0 Å². The van der Waals surface area contributed by atoms with Crippen LogP contribution in [0.15, 0.2) is 18.3 Å². The number of imidazole rings is 1. The fourth-order valence-corrected chi connectivity index (χ4v) is 3.93. The van der Waals surface area contributed by atoms with Crippen LogP contribution < -0.4 is 0 Å². The highest BCUT2D eigenvalue weighted by Gasteiger charge is 2.28. The number of pyridine rings is 1. The minimum atomic E-state index is 0.0308. The van der Waals surface area contributed by atoms with Crippen molar-refractivity contribution >= 4 is 22.9 Å². The molecule has 0 aliphatic carbocycles. The number of hydrogen-bond acceptors (Lipinski definition) is 3. The quantitative estimate of drug-likeness (QED) is 0.793. The van der Waals surface area contributed by atoms with Crippen LogP contribution in [0.4, 0.5) is 0 Å². The van der Waals surface area contributed by atoms with Gasteiger partial charge in [-0.2, -0.15) is 11.8 Å². The molecule has 0 unspecified atom stereocenters. The first kappa shape index (κ1) is 13.0. The van der Waals surface area contributed by atoms with Crippen LogP contribution in [0, 0.1) is 0 Å². The highest BCUT2D eigenvalue weighted by atomic mass is 32.2. The van der Waals surface area contributed by atoms with E-state index in [2.05, 4.69) is 48.2 Å². The summed E-state index contributed by atoms with van der Waals surface area (Å²) in [7, 11) is 0. The molecule has 3 heterocycles. The largest absolute Gasteiger partial charge is 0.307 e. The maximum Gasteiger partial charge on any atom is 0.160 e. The number of rotatable bonds is 1. The van der Waals surface area contributed by atoms with E-state index in [0.29, 0.717) is 5.92 Å². The van der Waals surface area contributed by atoms with E-state index in [1.54, 1.807) is 0 Å². The normalized spacial score (nSPS) is 18.1. The van der Waals surface area contributed by atoms with E-state index in [1.165, 1.54) is 30.2 Å². The number of aromatic nitrogens is 3. The number of fused-ring (bicyclic) bond motifs is 1. The van der Waals surface area contributed by atoms with Gasteiger partial charge in [-0.3, -0.25) is 0 Å². The van der Waals surface area contributed by atoms with Crippen LogP contribution in [0.25, 0.3) is 11.2 Å². The second-order valence-electron chi connectivity index (χ2n) is 6.21. The summed E-state index contributed by atoms with van der Waals surface area (Å²) in [5.74, 6) is 4.34. The van der Waals surface area contributed by atoms with E-state index < -0.39 is 0 Å². The third kappa shape index (κ3) is 2.38. The van der Waals surface area contributed by atoms with Crippen molar-refractivity contribution in [3.8, 4) is 0 Å². The predicted octanol–water partition coefficient (Wildman–Crippen LogP) is 3.80. The third-order valence-electron chi connectivity index (χ3n) is 3.70. The number of hydrogen-bond donors (Lipinski definition) is 0. The van der Waals surface area contributed by atoms with Gasteiger partial charge in [-0.15, -0.1) is 0 Å². The van der Waals surface area contributed by atoms with Crippen molar-refractivity contribution in [3.05, 3.63) is 24.2 Å². The van der Waals surface area contributed by atoms with Crippen molar-refractivity contribution in [2.45, 2.75) is 45.1 Å². The van der Waals surface area contributed by atoms with Gasteiger partial charge in [-0.25, -0.2) is 9.97 Å². The molecule has 1 fully saturated rings. The molecule has 0 saturated carbocycles. The summed E-state index contributed by atoms with van der Waals surface area (Å²) in [6, 6.07) is 4.05. The lowest BCUT2D eigenvalue weighted by atomic mass is 10.00. The summed E-state index contributed by atoms with van der Waals surface area (Å²) in [5, 5.41) is 0. The Labute approximate surface area is 118 Å². The first-order valence-electron chi connectivity index (χ1n) is 6.99. The standard InChI is InChI=1S/C15H21N3S/c1-15(2,3)18-13(11-6-9-19-10-7-11)17-12-5-4-8-16-14(12)18/h4-5,8,11H,6-7,9-10H2,1-3H3. The van der Waals surface area contributed by atoms with Gasteiger partial charge in [0.25, 0.3) is 0 Å². The Morgan fingerprint density at radius 3 is 2.68 bits per heavy atom. The Kier molecular flexibility index (Phi) is 3.29. The Bertz CT molecular complexity index is 577. The molecule has 0 aromatic carbocycles. The van der Waals surface area contributed by atoms with Crippen molar-refractivity contribution in [1.29, 1.82) is 0 Å². The molecule has 19 heavy (non-hydrogen) atoms. The summed E-state index contributed by atoms with van der Waals surface area (Å²) >= 11 is 2.06. The molecule has 0 spiro atoms. The smallest absolute Gasteiger partial charge is 0.160 e. The lowest BCUT2D eigenvalue weighted by Crippen LogP contribution is -2.26. The number of thioether (sulfide) groups is 1. The van der Waals surface area contributed by atoms with Crippen molar-refractivity contribution in [2.24, 2.45) is 0 Å². The van der Waals surface area contributed by atoms with Crippen LogP contribution in [0.5, 0.6) is 0 Å². The Morgan fingerprint density at radius 1 is 1.26 bits per heavy atom. The maximum atomic E-state index is 4.89. The lowest BCUT2D eigenvalue weighted by Gasteiger charge is -2.28. The van der Waals surface area contributed by atoms with Gasteiger partial charge in [0, 0.05) is 17.7 Å². The van der Waals surface area contributed by atoms with E-state index in [1.807, 2.05) is 12.3 Å². The molecule has 0 atom stereocenters. The van der Waals surface area contributed by atoms with Gasteiger partial charge < -0.3 is 4.57 Å². The van der Waals surface area contributed by atoms with Crippen LogP contribution >= 0.6 is 11.8 Å². The molecule has 3 nitrogen and oxygen atoms in total. The zero-order chi connectivity index (χ0) is 13.5. The van der Waals surface area contributed by atoms with Crippen LogP contribution in [0.1, 0.15) is 45.4 Å². The molecular weight excluding hydrogens is 254 g/mol. The van der Waals surface area contributed by atoms with Crippen molar-refractivity contribution < 1.29 is 0 Å². The summed E-state index contributed by atoms with van der Waals surface area (Å²) in [5.41, 5.74) is 2.09. The minimum absolute atomic E-state index is 0.0308. The Morgan fingerprint density at radius 2 is 2.00 bits per heavy atom. The van der Waals surface area contributed by atoms with Gasteiger partial charge in [0.15, 0.2) is 5.65 Å². The molecule has 102 valence electrons. The molecule has 0 bridgehead atoms. The van der Waals surface area contributed by atoms with E-state index in [-0.39, 0.29) is 5.54 Å². The Hall–Kier alpha value is -1.03. The van der Waals surface area contributed by atoms with E-state index in [4.69, 9.17) is 4.98 Å². The monoisotopic (exact) mass is 275 g/mol. The second kappa shape index (κ2) is 4.82. The summed E-state index contributed by atoms with van der Waals surface area (Å²) in [6.45, 7) is 6.72. The molecule has 1 aliphatic rings. The fraction of sp³-hybridized carbons (Fsp3) is 0.600. The molecule has 4 heteroatoms. The zero-order valence-electron chi connectivity index (χ0n) is 11.9. The highest BCUT2D eigenvalue weighted by Crippen LogP contribution is 2.35. The molecule has 1 aliphatic heterocycles. The maximum absolute atomic E-state index is 4.89. The van der Waals surface area contributed by atoms with Gasteiger partial charge in [0.05, 0.1) is 0 Å². The van der Waals surface area contributed by atoms with Crippen LogP contribution in [-0.2, 0) is 5.54 Å². The second-order valence-corrected chi connectivity index (χ2v) is 7.43. The molecule has 0 radical (unpaired) electrons. The summed E-state index contributed by atoms with van der Waals surface area (Å²) < 4.78 is 2.35. The minimum Gasteiger partial charge on any atom is -0.307 e. The topological polar surface area (TPSA) is 30.7 Å². The zero-order valence-corrected chi connectivity index (χ0v) is 12.7. The molecule has 2 aromatic rings. The molecule has 1 saturated heterocycles. The van der Waals surface area contributed by atoms with Crippen LogP contribution in [0.2, 0.25) is 0 Å². The predicted molar refractivity (Wildman–Crippen MR) is 81.8 cm³/mol. The van der Waals surface area contributed by atoms with Gasteiger partial charge >= 0.3 is 0 Å².